The van der Waals surface area contributed by atoms with Crippen molar-refractivity contribution in [1.82, 2.24) is 15.5 Å². The molecule has 7 heteroatoms. The third-order valence-corrected chi connectivity index (χ3v) is 5.37. The highest BCUT2D eigenvalue weighted by Crippen LogP contribution is 2.20. The minimum absolute atomic E-state index is 0.126. The van der Waals surface area contributed by atoms with Gasteiger partial charge >= 0.3 is 0 Å². The summed E-state index contributed by atoms with van der Waals surface area (Å²) in [4.78, 5) is 16.8. The Morgan fingerprint density at radius 2 is 1.96 bits per heavy atom. The first-order chi connectivity index (χ1) is 13.7. The first-order valence-electron chi connectivity index (χ1n) is 9.99. The Hall–Kier alpha value is -2.67. The molecule has 148 valence electrons. The Kier molecular flexibility index (Phi) is 5.71. The van der Waals surface area contributed by atoms with Crippen molar-refractivity contribution in [3.63, 3.8) is 0 Å². The molecule has 0 bridgehead atoms. The van der Waals surface area contributed by atoms with Crippen molar-refractivity contribution in [3.05, 3.63) is 47.7 Å². The zero-order valence-corrected chi connectivity index (χ0v) is 16.3. The van der Waals surface area contributed by atoms with Crippen LogP contribution >= 0.6 is 0 Å². The van der Waals surface area contributed by atoms with Crippen molar-refractivity contribution < 1.29 is 9.53 Å². The van der Waals surface area contributed by atoms with Gasteiger partial charge in [-0.1, -0.05) is 12.1 Å². The van der Waals surface area contributed by atoms with Gasteiger partial charge in [0.05, 0.1) is 6.10 Å². The van der Waals surface area contributed by atoms with Crippen LogP contribution in [0.5, 0.6) is 0 Å². The van der Waals surface area contributed by atoms with Crippen LogP contribution in [0, 0.1) is 6.92 Å². The third-order valence-electron chi connectivity index (χ3n) is 5.37. The molecule has 2 aliphatic heterocycles. The van der Waals surface area contributed by atoms with Gasteiger partial charge in [-0.15, -0.1) is 10.2 Å². The molecule has 2 aromatic rings. The SMILES string of the molecule is Cc1cccc(N2CCN(c3ccc(C(=O)NCC4CCCO4)nn3)CC2)c1. The summed E-state index contributed by atoms with van der Waals surface area (Å²) >= 11 is 0. The molecule has 28 heavy (non-hydrogen) atoms. The molecule has 3 heterocycles. The van der Waals surface area contributed by atoms with Crippen LogP contribution in [-0.4, -0.2) is 61.5 Å². The van der Waals surface area contributed by atoms with Crippen LogP contribution in [0.4, 0.5) is 11.5 Å². The molecule has 1 N–H and O–H groups in total. The number of rotatable bonds is 5. The van der Waals surface area contributed by atoms with E-state index in [9.17, 15) is 4.79 Å². The molecule has 1 aromatic heterocycles. The summed E-state index contributed by atoms with van der Waals surface area (Å²) in [6.45, 7) is 7.08. The van der Waals surface area contributed by atoms with Crippen molar-refractivity contribution in [3.8, 4) is 0 Å². The standard InChI is InChI=1S/C21H27N5O2/c1-16-4-2-5-17(14-16)25-9-11-26(12-10-25)20-8-7-19(23-24-20)21(27)22-15-18-6-3-13-28-18/h2,4-5,7-8,14,18H,3,6,9-13,15H2,1H3,(H,22,27). The largest absolute Gasteiger partial charge is 0.376 e. The first-order valence-corrected chi connectivity index (χ1v) is 9.99. The van der Waals surface area contributed by atoms with Gasteiger partial charge in [0, 0.05) is 45.0 Å². The molecule has 1 atom stereocenters. The number of anilines is 2. The van der Waals surface area contributed by atoms with Crippen LogP contribution in [0.2, 0.25) is 0 Å². The second-order valence-corrected chi connectivity index (χ2v) is 7.43. The number of hydrogen-bond donors (Lipinski definition) is 1. The number of ether oxygens (including phenoxy) is 1. The maximum absolute atomic E-state index is 12.2. The molecule has 2 aliphatic rings. The van der Waals surface area contributed by atoms with Crippen LogP contribution in [0.25, 0.3) is 0 Å². The van der Waals surface area contributed by atoms with Crippen LogP contribution in [0.3, 0.4) is 0 Å². The molecule has 1 aromatic carbocycles. The predicted molar refractivity (Wildman–Crippen MR) is 109 cm³/mol. The van der Waals surface area contributed by atoms with Crippen LogP contribution in [-0.2, 0) is 4.74 Å². The molecular formula is C21H27N5O2. The lowest BCUT2D eigenvalue weighted by molar-refractivity contribution is 0.0853. The number of nitrogens with zero attached hydrogens (tertiary/aromatic N) is 4. The van der Waals surface area contributed by atoms with E-state index >= 15 is 0 Å². The lowest BCUT2D eigenvalue weighted by atomic mass is 10.2. The molecule has 2 fully saturated rings. The quantitative estimate of drug-likeness (QED) is 0.855. The zero-order chi connectivity index (χ0) is 19.3. The number of carbonyl (C=O) groups excluding carboxylic acids is 1. The topological polar surface area (TPSA) is 70.6 Å². The minimum Gasteiger partial charge on any atom is -0.376 e. The average Bonchev–Trinajstić information content (AvgIpc) is 3.26. The van der Waals surface area contributed by atoms with Crippen molar-refractivity contribution in [2.75, 3.05) is 49.1 Å². The van der Waals surface area contributed by atoms with E-state index in [0.29, 0.717) is 12.2 Å². The van der Waals surface area contributed by atoms with Gasteiger partial charge in [-0.05, 0) is 49.6 Å². The molecule has 0 saturated carbocycles. The summed E-state index contributed by atoms with van der Waals surface area (Å²) in [5.74, 6) is 0.624. The van der Waals surface area contributed by atoms with Crippen LogP contribution in [0.15, 0.2) is 36.4 Å². The fourth-order valence-electron chi connectivity index (χ4n) is 3.74. The van der Waals surface area contributed by atoms with E-state index in [2.05, 4.69) is 56.5 Å². The molecule has 0 spiro atoms. The maximum atomic E-state index is 12.2. The smallest absolute Gasteiger partial charge is 0.271 e. The normalized spacial score (nSPS) is 19.7. The van der Waals surface area contributed by atoms with E-state index in [4.69, 9.17) is 4.74 Å². The van der Waals surface area contributed by atoms with Gasteiger partial charge in [0.1, 0.15) is 0 Å². The number of nitrogens with one attached hydrogen (secondary N) is 1. The molecule has 2 saturated heterocycles. The number of benzene rings is 1. The lowest BCUT2D eigenvalue weighted by Crippen LogP contribution is -2.47. The molecule has 1 amide bonds. The van der Waals surface area contributed by atoms with Gasteiger partial charge in [-0.3, -0.25) is 4.79 Å². The van der Waals surface area contributed by atoms with Crippen LogP contribution in [0.1, 0.15) is 28.9 Å². The zero-order valence-electron chi connectivity index (χ0n) is 16.3. The van der Waals surface area contributed by atoms with Crippen molar-refractivity contribution in [2.24, 2.45) is 0 Å². The Morgan fingerprint density at radius 3 is 2.64 bits per heavy atom. The second kappa shape index (κ2) is 8.56. The average molecular weight is 381 g/mol. The minimum atomic E-state index is -0.196. The number of aromatic nitrogens is 2. The fourth-order valence-corrected chi connectivity index (χ4v) is 3.74. The van der Waals surface area contributed by atoms with E-state index in [-0.39, 0.29) is 12.0 Å². The van der Waals surface area contributed by atoms with Gasteiger partial charge in [0.15, 0.2) is 11.5 Å². The summed E-state index contributed by atoms with van der Waals surface area (Å²) in [6, 6.07) is 12.2. The van der Waals surface area contributed by atoms with E-state index in [1.54, 1.807) is 6.07 Å². The Labute approximate surface area is 165 Å². The summed E-state index contributed by atoms with van der Waals surface area (Å²) in [7, 11) is 0. The number of carbonyl (C=O) groups is 1. The lowest BCUT2D eigenvalue weighted by Gasteiger charge is -2.36. The van der Waals surface area contributed by atoms with Gasteiger partial charge < -0.3 is 19.9 Å². The number of amides is 1. The third kappa shape index (κ3) is 4.42. The van der Waals surface area contributed by atoms with Crippen molar-refractivity contribution in [1.29, 1.82) is 0 Å². The second-order valence-electron chi connectivity index (χ2n) is 7.43. The highest BCUT2D eigenvalue weighted by atomic mass is 16.5. The monoisotopic (exact) mass is 381 g/mol. The van der Waals surface area contributed by atoms with Gasteiger partial charge in [0.2, 0.25) is 0 Å². The van der Waals surface area contributed by atoms with Gasteiger partial charge in [-0.25, -0.2) is 0 Å². The Balaban J connectivity index is 1.30. The molecule has 0 aliphatic carbocycles. The highest BCUT2D eigenvalue weighted by Gasteiger charge is 2.20. The van der Waals surface area contributed by atoms with Crippen molar-refractivity contribution in [2.45, 2.75) is 25.9 Å². The van der Waals surface area contributed by atoms with E-state index < -0.39 is 0 Å². The fraction of sp³-hybridized carbons (Fsp3) is 0.476. The van der Waals surface area contributed by atoms with Gasteiger partial charge in [0.25, 0.3) is 5.91 Å². The van der Waals surface area contributed by atoms with E-state index in [1.165, 1.54) is 11.3 Å². The number of piperazine rings is 1. The number of hydrogen-bond acceptors (Lipinski definition) is 6. The highest BCUT2D eigenvalue weighted by molar-refractivity contribution is 5.92. The molecule has 7 nitrogen and oxygen atoms in total. The number of aryl methyl sites for hydroxylation is 1. The van der Waals surface area contributed by atoms with Gasteiger partial charge in [-0.2, -0.15) is 0 Å². The van der Waals surface area contributed by atoms with E-state index in [0.717, 1.165) is 51.4 Å². The van der Waals surface area contributed by atoms with Crippen molar-refractivity contribution >= 4 is 17.4 Å². The molecule has 4 rings (SSSR count). The summed E-state index contributed by atoms with van der Waals surface area (Å²) in [5, 5.41) is 11.3. The van der Waals surface area contributed by atoms with E-state index in [1.807, 2.05) is 6.07 Å². The Morgan fingerprint density at radius 1 is 1.14 bits per heavy atom. The first kappa shape index (κ1) is 18.7. The summed E-state index contributed by atoms with van der Waals surface area (Å²) in [5.41, 5.74) is 2.89. The van der Waals surface area contributed by atoms with Crippen LogP contribution < -0.4 is 15.1 Å². The summed E-state index contributed by atoms with van der Waals surface area (Å²) in [6.07, 6.45) is 2.19. The molecule has 1 unspecified atom stereocenters. The molecule has 0 radical (unpaired) electrons. The summed E-state index contributed by atoms with van der Waals surface area (Å²) < 4.78 is 5.52. The molecular weight excluding hydrogens is 354 g/mol. The predicted octanol–water partition coefficient (Wildman–Crippen LogP) is 2.02. The Bertz CT molecular complexity index is 797. The maximum Gasteiger partial charge on any atom is 0.271 e.